The monoisotopic (exact) mass is 281 g/mol. The molecular formula is C9H4F5N3O2. The molecule has 5 nitrogen and oxygen atoms in total. The molecule has 1 N–H and O–H groups in total. The van der Waals surface area contributed by atoms with Crippen molar-refractivity contribution in [3.05, 3.63) is 33.6 Å². The molecule has 2 rings (SSSR count). The van der Waals surface area contributed by atoms with Crippen LogP contribution in [0.25, 0.3) is 11.0 Å². The molecule has 0 aliphatic heterocycles. The normalized spacial score (nSPS) is 12.3. The van der Waals surface area contributed by atoms with E-state index >= 15 is 0 Å². The Labute approximate surface area is 101 Å². The van der Waals surface area contributed by atoms with Crippen LogP contribution in [0.1, 0.15) is 17.8 Å². The number of rotatable bonds is 2. The average Bonchev–Trinajstić information content (AvgIpc) is 2.69. The minimum Gasteiger partial charge on any atom is -0.337 e. The van der Waals surface area contributed by atoms with Crippen molar-refractivity contribution >= 4 is 16.7 Å². The molecule has 0 saturated heterocycles. The first-order valence-corrected chi connectivity index (χ1v) is 4.73. The summed E-state index contributed by atoms with van der Waals surface area (Å²) in [6.45, 7) is 0. The van der Waals surface area contributed by atoms with Gasteiger partial charge >= 0.3 is 6.18 Å². The molecule has 2 aromatic rings. The quantitative estimate of drug-likeness (QED) is 0.520. The SMILES string of the molecule is O=[N+]([O-])c1cc(C(F)(F)F)cc2[nH]c(C(F)F)nc12. The summed E-state index contributed by atoms with van der Waals surface area (Å²) in [6.07, 6.45) is -7.89. The Bertz CT molecular complexity index is 649. The topological polar surface area (TPSA) is 71.8 Å². The number of hydrogen-bond donors (Lipinski definition) is 1. The van der Waals surface area contributed by atoms with Gasteiger partial charge in [0, 0.05) is 6.07 Å². The Morgan fingerprint density at radius 3 is 2.42 bits per heavy atom. The number of imidazole rings is 1. The third-order valence-corrected chi connectivity index (χ3v) is 2.32. The van der Waals surface area contributed by atoms with Crippen LogP contribution in [0.3, 0.4) is 0 Å². The number of benzene rings is 1. The van der Waals surface area contributed by atoms with Crippen LogP contribution < -0.4 is 0 Å². The second kappa shape index (κ2) is 4.14. The number of aromatic amines is 1. The zero-order chi connectivity index (χ0) is 14.4. The van der Waals surface area contributed by atoms with E-state index in [4.69, 9.17) is 0 Å². The molecule has 0 radical (unpaired) electrons. The van der Waals surface area contributed by atoms with Crippen molar-refractivity contribution < 1.29 is 26.9 Å². The Hall–Kier alpha value is -2.26. The summed E-state index contributed by atoms with van der Waals surface area (Å²) in [5.41, 5.74) is -3.28. The standard InChI is InChI=1S/C9H4F5N3O2/c10-7(11)8-15-4-1-3(9(12,13)14)2-5(17(18)19)6(4)16-8/h1-2,7H,(H,15,16). The van der Waals surface area contributed by atoms with Gasteiger partial charge in [0.05, 0.1) is 16.0 Å². The van der Waals surface area contributed by atoms with Gasteiger partial charge in [-0.2, -0.15) is 13.2 Å². The van der Waals surface area contributed by atoms with Crippen LogP contribution in [-0.4, -0.2) is 14.9 Å². The number of non-ortho nitro benzene ring substituents is 1. The van der Waals surface area contributed by atoms with E-state index in [-0.39, 0.29) is 6.07 Å². The summed E-state index contributed by atoms with van der Waals surface area (Å²) in [6, 6.07) is 0.764. The lowest BCUT2D eigenvalue weighted by Gasteiger charge is -2.05. The van der Waals surface area contributed by atoms with Crippen molar-refractivity contribution in [1.29, 1.82) is 0 Å². The van der Waals surface area contributed by atoms with E-state index in [0.29, 0.717) is 6.07 Å². The number of hydrogen-bond acceptors (Lipinski definition) is 3. The fraction of sp³-hybridized carbons (Fsp3) is 0.222. The van der Waals surface area contributed by atoms with Gasteiger partial charge < -0.3 is 4.98 Å². The van der Waals surface area contributed by atoms with Crippen LogP contribution in [0.2, 0.25) is 0 Å². The molecule has 0 saturated carbocycles. The van der Waals surface area contributed by atoms with E-state index in [1.54, 1.807) is 0 Å². The molecular weight excluding hydrogens is 277 g/mol. The maximum Gasteiger partial charge on any atom is 0.416 e. The highest BCUT2D eigenvalue weighted by atomic mass is 19.4. The van der Waals surface area contributed by atoms with E-state index in [2.05, 4.69) is 4.98 Å². The largest absolute Gasteiger partial charge is 0.416 e. The summed E-state index contributed by atoms with van der Waals surface area (Å²) in [5, 5.41) is 10.7. The Morgan fingerprint density at radius 1 is 1.32 bits per heavy atom. The first kappa shape index (κ1) is 13.2. The highest BCUT2D eigenvalue weighted by Gasteiger charge is 2.34. The van der Waals surface area contributed by atoms with Crippen LogP contribution in [0, 0.1) is 10.1 Å². The number of fused-ring (bicyclic) bond motifs is 1. The molecule has 102 valence electrons. The zero-order valence-corrected chi connectivity index (χ0v) is 8.83. The maximum absolute atomic E-state index is 12.5. The molecule has 0 aliphatic rings. The van der Waals surface area contributed by atoms with E-state index < -0.39 is 45.6 Å². The lowest BCUT2D eigenvalue weighted by Crippen LogP contribution is -2.05. The Kier molecular flexibility index (Phi) is 2.87. The number of nitrogens with zero attached hydrogens (tertiary/aromatic N) is 2. The van der Waals surface area contributed by atoms with Gasteiger partial charge in [-0.1, -0.05) is 0 Å². The molecule has 0 fully saturated rings. The van der Waals surface area contributed by atoms with Crippen LogP contribution in [0.15, 0.2) is 12.1 Å². The second-order valence-corrected chi connectivity index (χ2v) is 3.57. The predicted molar refractivity (Wildman–Crippen MR) is 52.7 cm³/mol. The Balaban J connectivity index is 2.76. The van der Waals surface area contributed by atoms with Gasteiger partial charge in [0.1, 0.15) is 0 Å². The molecule has 0 bridgehead atoms. The van der Waals surface area contributed by atoms with Crippen molar-refractivity contribution in [3.63, 3.8) is 0 Å². The van der Waals surface area contributed by atoms with Crippen LogP contribution >= 0.6 is 0 Å². The van der Waals surface area contributed by atoms with Gasteiger partial charge in [-0.15, -0.1) is 0 Å². The number of nitro groups is 1. The third kappa shape index (κ3) is 2.33. The second-order valence-electron chi connectivity index (χ2n) is 3.57. The maximum atomic E-state index is 12.5. The smallest absolute Gasteiger partial charge is 0.337 e. The number of nitrogens with one attached hydrogen (secondary N) is 1. The van der Waals surface area contributed by atoms with Crippen molar-refractivity contribution in [2.45, 2.75) is 12.6 Å². The van der Waals surface area contributed by atoms with Gasteiger partial charge in [0.2, 0.25) is 0 Å². The molecule has 0 aliphatic carbocycles. The number of halogens is 5. The molecule has 1 aromatic heterocycles. The third-order valence-electron chi connectivity index (χ3n) is 2.32. The van der Waals surface area contributed by atoms with E-state index in [1.807, 2.05) is 4.98 Å². The number of H-pyrrole nitrogens is 1. The lowest BCUT2D eigenvalue weighted by molar-refractivity contribution is -0.383. The molecule has 0 unspecified atom stereocenters. The molecule has 1 heterocycles. The highest BCUT2D eigenvalue weighted by Crippen LogP contribution is 2.36. The number of aromatic nitrogens is 2. The van der Waals surface area contributed by atoms with Gasteiger partial charge in [0.15, 0.2) is 11.3 Å². The minimum atomic E-state index is -4.82. The molecule has 0 atom stereocenters. The molecule has 19 heavy (non-hydrogen) atoms. The van der Waals surface area contributed by atoms with Crippen molar-refractivity contribution in [2.24, 2.45) is 0 Å². The van der Waals surface area contributed by atoms with Crippen LogP contribution in [0.5, 0.6) is 0 Å². The van der Waals surface area contributed by atoms with E-state index in [9.17, 15) is 32.1 Å². The molecule has 0 amide bonds. The van der Waals surface area contributed by atoms with Gasteiger partial charge in [0.25, 0.3) is 12.1 Å². The minimum absolute atomic E-state index is 0.262. The van der Waals surface area contributed by atoms with E-state index in [0.717, 1.165) is 0 Å². The zero-order valence-electron chi connectivity index (χ0n) is 8.83. The number of alkyl halides is 5. The fourth-order valence-corrected chi connectivity index (χ4v) is 1.52. The van der Waals surface area contributed by atoms with Crippen LogP contribution in [-0.2, 0) is 6.18 Å². The summed E-state index contributed by atoms with van der Waals surface area (Å²) in [5.74, 6) is -0.919. The van der Waals surface area contributed by atoms with Gasteiger partial charge in [-0.3, -0.25) is 10.1 Å². The summed E-state index contributed by atoms with van der Waals surface area (Å²) in [7, 11) is 0. The highest BCUT2D eigenvalue weighted by molar-refractivity contribution is 5.85. The average molecular weight is 281 g/mol. The van der Waals surface area contributed by atoms with Gasteiger partial charge in [-0.25, -0.2) is 13.8 Å². The first-order valence-electron chi connectivity index (χ1n) is 4.73. The molecule has 0 spiro atoms. The first-order chi connectivity index (χ1) is 8.70. The Morgan fingerprint density at radius 2 is 1.95 bits per heavy atom. The molecule has 1 aromatic carbocycles. The lowest BCUT2D eigenvalue weighted by atomic mass is 10.1. The number of nitro benzene ring substituents is 1. The van der Waals surface area contributed by atoms with Crippen molar-refractivity contribution in [1.82, 2.24) is 9.97 Å². The summed E-state index contributed by atoms with van der Waals surface area (Å²) < 4.78 is 62.3. The molecule has 10 heteroatoms. The van der Waals surface area contributed by atoms with Crippen molar-refractivity contribution in [2.75, 3.05) is 0 Å². The van der Waals surface area contributed by atoms with Crippen LogP contribution in [0.4, 0.5) is 27.6 Å². The van der Waals surface area contributed by atoms with Crippen molar-refractivity contribution in [3.8, 4) is 0 Å². The predicted octanol–water partition coefficient (Wildman–Crippen LogP) is 3.43. The van der Waals surface area contributed by atoms with E-state index in [1.165, 1.54) is 0 Å². The fourth-order valence-electron chi connectivity index (χ4n) is 1.52. The van der Waals surface area contributed by atoms with Gasteiger partial charge in [-0.05, 0) is 6.07 Å². The summed E-state index contributed by atoms with van der Waals surface area (Å²) in [4.78, 5) is 14.7. The summed E-state index contributed by atoms with van der Waals surface area (Å²) >= 11 is 0.